The highest BCUT2D eigenvalue weighted by Crippen LogP contribution is 2.41. The first-order valence-electron chi connectivity index (χ1n) is 6.80. The van der Waals surface area contributed by atoms with Gasteiger partial charge in [0.2, 0.25) is 0 Å². The van der Waals surface area contributed by atoms with E-state index in [2.05, 4.69) is 10.3 Å². The highest BCUT2D eigenvalue weighted by molar-refractivity contribution is 7.09. The van der Waals surface area contributed by atoms with E-state index in [0.717, 1.165) is 17.8 Å². The summed E-state index contributed by atoms with van der Waals surface area (Å²) in [4.78, 5) is 27.0. The number of nitrogens with zero attached hydrogens (tertiary/aromatic N) is 2. The third-order valence-corrected chi connectivity index (χ3v) is 4.45. The first kappa shape index (κ1) is 14.5. The van der Waals surface area contributed by atoms with Gasteiger partial charge in [-0.25, -0.2) is 4.98 Å². The van der Waals surface area contributed by atoms with E-state index in [9.17, 15) is 14.9 Å². The molecule has 0 radical (unpaired) electrons. The van der Waals surface area contributed by atoms with Gasteiger partial charge in [-0.05, 0) is 24.8 Å². The summed E-state index contributed by atoms with van der Waals surface area (Å²) in [6, 6.07) is 3.70. The molecular weight excluding hydrogens is 304 g/mol. The molecule has 114 valence electrons. The maximum atomic E-state index is 12.4. The summed E-state index contributed by atoms with van der Waals surface area (Å²) < 4.78 is 0. The number of hydrogen-bond donors (Lipinski definition) is 2. The molecule has 0 spiro atoms. The summed E-state index contributed by atoms with van der Waals surface area (Å²) in [6.45, 7) is 0. The van der Waals surface area contributed by atoms with Crippen LogP contribution in [0.25, 0.3) is 0 Å². The van der Waals surface area contributed by atoms with Crippen molar-refractivity contribution in [1.29, 1.82) is 0 Å². The molecular formula is C14H14N4O3S. The van der Waals surface area contributed by atoms with Crippen LogP contribution in [0.1, 0.15) is 34.2 Å². The normalized spacial score (nSPS) is 15.3. The second kappa shape index (κ2) is 5.72. The van der Waals surface area contributed by atoms with Crippen molar-refractivity contribution >= 4 is 28.6 Å². The SMILES string of the molecule is Nc1ccc([N+](=O)[O-])cc1C(=O)N[C@H](c1nccs1)C1CC1. The monoisotopic (exact) mass is 318 g/mol. The van der Waals surface area contributed by atoms with E-state index in [-0.39, 0.29) is 23.0 Å². The molecule has 3 rings (SSSR count). The zero-order valence-corrected chi connectivity index (χ0v) is 12.4. The number of nitrogens with two attached hydrogens (primary N) is 1. The van der Waals surface area contributed by atoms with Crippen molar-refractivity contribution in [1.82, 2.24) is 10.3 Å². The molecule has 0 unspecified atom stereocenters. The van der Waals surface area contributed by atoms with E-state index in [1.807, 2.05) is 5.38 Å². The lowest BCUT2D eigenvalue weighted by Crippen LogP contribution is -2.30. The molecule has 1 aliphatic carbocycles. The molecule has 7 nitrogen and oxygen atoms in total. The number of aromatic nitrogens is 1. The minimum Gasteiger partial charge on any atom is -0.398 e. The van der Waals surface area contributed by atoms with Gasteiger partial charge in [0.25, 0.3) is 11.6 Å². The standard InChI is InChI=1S/C14H14N4O3S/c15-11-4-3-9(18(20)21)7-10(11)13(19)17-12(8-1-2-8)14-16-5-6-22-14/h3-8,12H,1-2,15H2,(H,17,19)/t12-/m0/s1. The smallest absolute Gasteiger partial charge is 0.270 e. The number of thiazole rings is 1. The molecule has 2 aromatic rings. The number of carbonyl (C=O) groups excluding carboxylic acids is 1. The number of nitro benzene ring substituents is 1. The van der Waals surface area contributed by atoms with Gasteiger partial charge in [-0.2, -0.15) is 0 Å². The van der Waals surface area contributed by atoms with Crippen LogP contribution in [0.2, 0.25) is 0 Å². The Morgan fingerprint density at radius 2 is 2.27 bits per heavy atom. The molecule has 1 saturated carbocycles. The Morgan fingerprint density at radius 1 is 1.50 bits per heavy atom. The molecule has 1 aromatic carbocycles. The van der Waals surface area contributed by atoms with Gasteiger partial charge >= 0.3 is 0 Å². The van der Waals surface area contributed by atoms with Gasteiger partial charge in [-0.3, -0.25) is 14.9 Å². The van der Waals surface area contributed by atoms with E-state index in [1.54, 1.807) is 6.20 Å². The van der Waals surface area contributed by atoms with Gasteiger partial charge in [-0.15, -0.1) is 11.3 Å². The van der Waals surface area contributed by atoms with Crippen molar-refractivity contribution in [3.63, 3.8) is 0 Å². The van der Waals surface area contributed by atoms with Crippen LogP contribution < -0.4 is 11.1 Å². The molecule has 0 bridgehead atoms. The third-order valence-electron chi connectivity index (χ3n) is 3.59. The third kappa shape index (κ3) is 2.91. The van der Waals surface area contributed by atoms with E-state index in [1.165, 1.54) is 29.5 Å². The van der Waals surface area contributed by atoms with Gasteiger partial charge < -0.3 is 11.1 Å². The maximum Gasteiger partial charge on any atom is 0.270 e. The van der Waals surface area contributed by atoms with Gasteiger partial charge in [0.05, 0.1) is 16.5 Å². The maximum absolute atomic E-state index is 12.4. The van der Waals surface area contributed by atoms with Crippen molar-refractivity contribution in [3.05, 3.63) is 50.5 Å². The van der Waals surface area contributed by atoms with Crippen LogP contribution in [0, 0.1) is 16.0 Å². The van der Waals surface area contributed by atoms with E-state index < -0.39 is 10.8 Å². The van der Waals surface area contributed by atoms with Crippen LogP contribution in [0.4, 0.5) is 11.4 Å². The molecule has 1 atom stereocenters. The molecule has 1 aliphatic rings. The van der Waals surface area contributed by atoms with Crippen molar-refractivity contribution in [2.75, 3.05) is 5.73 Å². The minimum absolute atomic E-state index is 0.122. The first-order valence-corrected chi connectivity index (χ1v) is 7.68. The lowest BCUT2D eigenvalue weighted by atomic mass is 10.1. The number of nitrogen functional groups attached to an aromatic ring is 1. The zero-order valence-electron chi connectivity index (χ0n) is 11.6. The second-order valence-electron chi connectivity index (χ2n) is 5.19. The number of carbonyl (C=O) groups is 1. The van der Waals surface area contributed by atoms with Gasteiger partial charge in [-0.1, -0.05) is 0 Å². The number of nitrogens with one attached hydrogen (secondary N) is 1. The number of non-ortho nitro benzene ring substituents is 1. The average molecular weight is 318 g/mol. The Kier molecular flexibility index (Phi) is 3.76. The number of benzene rings is 1. The number of rotatable bonds is 5. The lowest BCUT2D eigenvalue weighted by Gasteiger charge is -2.16. The van der Waals surface area contributed by atoms with Crippen molar-refractivity contribution in [2.24, 2.45) is 5.92 Å². The van der Waals surface area contributed by atoms with E-state index >= 15 is 0 Å². The van der Waals surface area contributed by atoms with Crippen LogP contribution in [-0.4, -0.2) is 15.8 Å². The predicted molar refractivity (Wildman–Crippen MR) is 82.6 cm³/mol. The van der Waals surface area contributed by atoms with E-state index in [4.69, 9.17) is 5.73 Å². The Hall–Kier alpha value is -2.48. The van der Waals surface area contributed by atoms with Crippen LogP contribution in [-0.2, 0) is 0 Å². The van der Waals surface area contributed by atoms with Gasteiger partial charge in [0, 0.05) is 29.4 Å². The largest absolute Gasteiger partial charge is 0.398 e. The summed E-state index contributed by atoms with van der Waals surface area (Å²) >= 11 is 1.48. The fourth-order valence-corrected chi connectivity index (χ4v) is 3.05. The summed E-state index contributed by atoms with van der Waals surface area (Å²) in [5.41, 5.74) is 5.97. The zero-order chi connectivity index (χ0) is 15.7. The van der Waals surface area contributed by atoms with Crippen LogP contribution in [0.15, 0.2) is 29.8 Å². The molecule has 1 heterocycles. The molecule has 0 aliphatic heterocycles. The molecule has 1 aromatic heterocycles. The first-order chi connectivity index (χ1) is 10.6. The van der Waals surface area contributed by atoms with Crippen molar-refractivity contribution < 1.29 is 9.72 Å². The molecule has 1 amide bonds. The Labute approximate surface area is 130 Å². The Balaban J connectivity index is 1.84. The fraction of sp³-hybridized carbons (Fsp3) is 0.286. The predicted octanol–water partition coefficient (Wildman–Crippen LogP) is 2.51. The lowest BCUT2D eigenvalue weighted by molar-refractivity contribution is -0.384. The molecule has 1 fully saturated rings. The number of nitro groups is 1. The highest BCUT2D eigenvalue weighted by atomic mass is 32.1. The number of hydrogen-bond acceptors (Lipinski definition) is 6. The van der Waals surface area contributed by atoms with Crippen LogP contribution in [0.3, 0.4) is 0 Å². The molecule has 0 saturated heterocycles. The van der Waals surface area contributed by atoms with Crippen LogP contribution in [0.5, 0.6) is 0 Å². The van der Waals surface area contributed by atoms with Gasteiger partial charge in [0.15, 0.2) is 0 Å². The molecule has 8 heteroatoms. The van der Waals surface area contributed by atoms with Crippen LogP contribution >= 0.6 is 11.3 Å². The topological polar surface area (TPSA) is 111 Å². The minimum atomic E-state index is -0.546. The summed E-state index contributed by atoms with van der Waals surface area (Å²) in [5, 5.41) is 16.5. The Bertz CT molecular complexity index is 713. The summed E-state index contributed by atoms with van der Waals surface area (Å²) in [5.74, 6) is -0.0386. The molecule has 3 N–H and O–H groups in total. The van der Waals surface area contributed by atoms with Crippen molar-refractivity contribution in [3.8, 4) is 0 Å². The van der Waals surface area contributed by atoms with Gasteiger partial charge in [0.1, 0.15) is 5.01 Å². The number of amides is 1. The summed E-state index contributed by atoms with van der Waals surface area (Å²) in [7, 11) is 0. The highest BCUT2D eigenvalue weighted by Gasteiger charge is 2.35. The average Bonchev–Trinajstić information content (AvgIpc) is 3.19. The quantitative estimate of drug-likeness (QED) is 0.500. The fourth-order valence-electron chi connectivity index (χ4n) is 2.27. The number of anilines is 1. The Morgan fingerprint density at radius 3 is 2.86 bits per heavy atom. The van der Waals surface area contributed by atoms with Crippen molar-refractivity contribution in [2.45, 2.75) is 18.9 Å². The molecule has 22 heavy (non-hydrogen) atoms. The second-order valence-corrected chi connectivity index (χ2v) is 6.11. The summed E-state index contributed by atoms with van der Waals surface area (Å²) in [6.07, 6.45) is 3.77. The van der Waals surface area contributed by atoms with E-state index in [0.29, 0.717) is 5.92 Å².